The van der Waals surface area contributed by atoms with Gasteiger partial charge in [0.25, 0.3) is 0 Å². The second kappa shape index (κ2) is 10.9. The van der Waals surface area contributed by atoms with Crippen LogP contribution in [-0.4, -0.2) is 8.07 Å². The van der Waals surface area contributed by atoms with E-state index in [4.69, 9.17) is 4.74 Å². The van der Waals surface area contributed by atoms with Gasteiger partial charge in [0, 0.05) is 16.8 Å². The van der Waals surface area contributed by atoms with Crippen molar-refractivity contribution in [2.75, 3.05) is 4.90 Å². The first-order valence-corrected chi connectivity index (χ1v) is 18.9. The molecular weight excluding hydrogens is 611 g/mol. The molecule has 49 heavy (non-hydrogen) atoms. The van der Waals surface area contributed by atoms with Gasteiger partial charge in [-0.05, 0) is 90.9 Å². The first-order chi connectivity index (χ1) is 24.3. The minimum atomic E-state index is -2.65. The summed E-state index contributed by atoms with van der Waals surface area (Å²) in [6.07, 6.45) is 0. The Kier molecular flexibility index (Phi) is 6.23. The predicted molar refractivity (Wildman–Crippen MR) is 207 cm³/mol. The highest BCUT2D eigenvalue weighted by atomic mass is 28.3. The zero-order valence-electron chi connectivity index (χ0n) is 26.8. The summed E-state index contributed by atoms with van der Waals surface area (Å²) < 4.78 is 6.58. The third-order valence-corrected chi connectivity index (χ3v) is 15.3. The summed E-state index contributed by atoms with van der Waals surface area (Å²) in [4.78, 5) is 2.43. The van der Waals surface area contributed by atoms with Crippen molar-refractivity contribution in [3.05, 3.63) is 188 Å². The van der Waals surface area contributed by atoms with Crippen molar-refractivity contribution in [3.63, 3.8) is 0 Å². The number of nitrogens with zero attached hydrogens (tertiary/aromatic N) is 1. The molecule has 2 aliphatic rings. The molecule has 0 unspecified atom stereocenters. The van der Waals surface area contributed by atoms with Crippen LogP contribution in [0.3, 0.4) is 0 Å². The van der Waals surface area contributed by atoms with Gasteiger partial charge in [0.2, 0.25) is 0 Å². The number of rotatable bonds is 4. The summed E-state index contributed by atoms with van der Waals surface area (Å²) in [6.45, 7) is 0. The summed E-state index contributed by atoms with van der Waals surface area (Å²) in [5.74, 6) is 1.94. The molecule has 230 valence electrons. The van der Waals surface area contributed by atoms with Crippen LogP contribution < -0.4 is 30.4 Å². The lowest BCUT2D eigenvalue weighted by molar-refractivity contribution is 0.487. The lowest BCUT2D eigenvalue weighted by Crippen LogP contribution is -2.74. The zero-order chi connectivity index (χ0) is 32.4. The molecule has 0 atom stereocenters. The van der Waals surface area contributed by atoms with Gasteiger partial charge in [0.05, 0.1) is 5.69 Å². The van der Waals surface area contributed by atoms with Crippen LogP contribution in [-0.2, 0) is 0 Å². The first kappa shape index (κ1) is 27.9. The largest absolute Gasteiger partial charge is 0.458 e. The van der Waals surface area contributed by atoms with Crippen molar-refractivity contribution in [3.8, 4) is 33.8 Å². The highest BCUT2D eigenvalue weighted by molar-refractivity contribution is 7.23. The van der Waals surface area contributed by atoms with E-state index in [0.717, 1.165) is 28.6 Å². The average molecular weight is 642 g/mol. The van der Waals surface area contributed by atoms with E-state index in [-0.39, 0.29) is 0 Å². The SMILES string of the molecule is c1ccc(-c2ccc(N(c3ccc4c(c3)-c3ccccc3[Si]43c4ccccc4Oc4ccccc43)c3cccc4ccccc34)cc2)cc1. The fraction of sp³-hybridized carbons (Fsp3) is 0. The Labute approximate surface area is 287 Å². The van der Waals surface area contributed by atoms with Crippen LogP contribution in [0.15, 0.2) is 188 Å². The lowest BCUT2D eigenvalue weighted by Gasteiger charge is -2.37. The maximum Gasteiger partial charge on any atom is 0.189 e. The fourth-order valence-corrected chi connectivity index (χ4v) is 13.6. The highest BCUT2D eigenvalue weighted by Gasteiger charge is 2.53. The normalized spacial score (nSPS) is 13.2. The Bertz CT molecular complexity index is 2490. The van der Waals surface area contributed by atoms with Gasteiger partial charge >= 0.3 is 0 Å². The van der Waals surface area contributed by atoms with E-state index < -0.39 is 8.07 Å². The lowest BCUT2D eigenvalue weighted by atomic mass is 10.0. The second-order valence-corrected chi connectivity index (χ2v) is 16.5. The van der Waals surface area contributed by atoms with Crippen LogP contribution in [0.1, 0.15) is 0 Å². The van der Waals surface area contributed by atoms with Gasteiger partial charge in [-0.15, -0.1) is 0 Å². The number of hydrogen-bond acceptors (Lipinski definition) is 2. The zero-order valence-corrected chi connectivity index (χ0v) is 27.8. The standard InChI is InChI=1S/C46H31NOSi/c1-2-13-32(14-3-1)33-25-27-35(28-26-33)47(40-19-12-16-34-15-4-5-17-37(34)40)36-29-30-44-39(31-36)38-18-6-9-22-43(38)49(44)45-23-10-7-20-41(45)48-42-21-8-11-24-46(42)49/h1-31H. The molecule has 0 amide bonds. The quantitative estimate of drug-likeness (QED) is 0.178. The third kappa shape index (κ3) is 4.13. The van der Waals surface area contributed by atoms with Crippen LogP contribution in [0.4, 0.5) is 17.1 Å². The molecule has 2 heterocycles. The predicted octanol–water partition coefficient (Wildman–Crippen LogP) is 9.44. The number of benzene rings is 8. The monoisotopic (exact) mass is 641 g/mol. The first-order valence-electron chi connectivity index (χ1n) is 16.9. The molecule has 8 aromatic carbocycles. The van der Waals surface area contributed by atoms with Gasteiger partial charge < -0.3 is 9.64 Å². The molecule has 2 nitrogen and oxygen atoms in total. The smallest absolute Gasteiger partial charge is 0.189 e. The summed E-state index contributed by atoms with van der Waals surface area (Å²) in [5, 5.41) is 7.91. The van der Waals surface area contributed by atoms with Crippen molar-refractivity contribution in [2.24, 2.45) is 0 Å². The van der Waals surface area contributed by atoms with E-state index in [2.05, 4.69) is 193 Å². The molecule has 8 aromatic rings. The molecule has 0 saturated carbocycles. The minimum absolute atomic E-state index is 0.968. The summed E-state index contributed by atoms with van der Waals surface area (Å²) in [6, 6.07) is 68.5. The fourth-order valence-electron chi connectivity index (χ4n) is 8.25. The Hall–Kier alpha value is -6.16. The number of ether oxygens (including phenoxy) is 1. The molecule has 2 aliphatic heterocycles. The van der Waals surface area contributed by atoms with Gasteiger partial charge in [-0.25, -0.2) is 0 Å². The number of fused-ring (bicyclic) bond motifs is 10. The van der Waals surface area contributed by atoms with Gasteiger partial charge in [-0.3, -0.25) is 0 Å². The molecule has 0 aromatic heterocycles. The van der Waals surface area contributed by atoms with Gasteiger partial charge in [-0.1, -0.05) is 146 Å². The van der Waals surface area contributed by atoms with Gasteiger partial charge in [0.15, 0.2) is 8.07 Å². The molecule has 0 aliphatic carbocycles. The molecule has 0 saturated heterocycles. The highest BCUT2D eigenvalue weighted by Crippen LogP contribution is 2.43. The van der Waals surface area contributed by atoms with Gasteiger partial charge in [0.1, 0.15) is 11.5 Å². The van der Waals surface area contributed by atoms with E-state index in [1.54, 1.807) is 0 Å². The average Bonchev–Trinajstić information content (AvgIpc) is 3.46. The summed E-state index contributed by atoms with van der Waals surface area (Å²) >= 11 is 0. The van der Waals surface area contributed by atoms with E-state index in [1.165, 1.54) is 53.8 Å². The Morgan fingerprint density at radius 1 is 0.388 bits per heavy atom. The maximum absolute atomic E-state index is 6.58. The van der Waals surface area contributed by atoms with Crippen molar-refractivity contribution in [1.82, 2.24) is 0 Å². The van der Waals surface area contributed by atoms with Crippen molar-refractivity contribution in [1.29, 1.82) is 0 Å². The van der Waals surface area contributed by atoms with Crippen LogP contribution in [0.5, 0.6) is 11.5 Å². The van der Waals surface area contributed by atoms with E-state index in [1.807, 2.05) is 0 Å². The molecule has 0 bridgehead atoms. The maximum atomic E-state index is 6.58. The van der Waals surface area contributed by atoms with Gasteiger partial charge in [-0.2, -0.15) is 0 Å². The van der Waals surface area contributed by atoms with E-state index >= 15 is 0 Å². The van der Waals surface area contributed by atoms with Crippen LogP contribution in [0.25, 0.3) is 33.0 Å². The Morgan fingerprint density at radius 3 is 1.73 bits per heavy atom. The molecule has 0 N–H and O–H groups in total. The second-order valence-electron chi connectivity index (χ2n) is 12.9. The van der Waals surface area contributed by atoms with Crippen molar-refractivity contribution < 1.29 is 4.74 Å². The molecular formula is C46H31NOSi. The number of para-hydroxylation sites is 2. The van der Waals surface area contributed by atoms with Crippen LogP contribution in [0, 0.1) is 0 Å². The van der Waals surface area contributed by atoms with Crippen LogP contribution >= 0.6 is 0 Å². The Morgan fingerprint density at radius 2 is 0.959 bits per heavy atom. The third-order valence-electron chi connectivity index (χ3n) is 10.3. The van der Waals surface area contributed by atoms with E-state index in [0.29, 0.717) is 0 Å². The topological polar surface area (TPSA) is 12.5 Å². The minimum Gasteiger partial charge on any atom is -0.458 e. The molecule has 1 spiro atoms. The number of hydrogen-bond donors (Lipinski definition) is 0. The van der Waals surface area contributed by atoms with E-state index in [9.17, 15) is 0 Å². The summed E-state index contributed by atoms with van der Waals surface area (Å²) in [5.41, 5.74) is 8.45. The van der Waals surface area contributed by atoms with Crippen molar-refractivity contribution >= 4 is 56.7 Å². The molecule has 0 radical (unpaired) electrons. The molecule has 10 rings (SSSR count). The summed E-state index contributed by atoms with van der Waals surface area (Å²) in [7, 11) is -2.65. The van der Waals surface area contributed by atoms with Crippen molar-refractivity contribution in [2.45, 2.75) is 0 Å². The van der Waals surface area contributed by atoms with Crippen LogP contribution in [0.2, 0.25) is 0 Å². The Balaban J connectivity index is 1.22. The molecule has 3 heteroatoms. The molecule has 0 fully saturated rings. The number of anilines is 3.